The van der Waals surface area contributed by atoms with Gasteiger partial charge in [-0.05, 0) is 44.6 Å². The Balaban J connectivity index is 2.10. The molecule has 2 nitrogen and oxygen atoms in total. The first kappa shape index (κ1) is 14.5. The van der Waals surface area contributed by atoms with Gasteiger partial charge in [-0.3, -0.25) is 4.84 Å². The molecule has 0 aliphatic carbocycles. The lowest BCUT2D eigenvalue weighted by Gasteiger charge is -2.52. The number of benzene rings is 1. The van der Waals surface area contributed by atoms with E-state index in [2.05, 4.69) is 63.9 Å². The van der Waals surface area contributed by atoms with E-state index in [9.17, 15) is 0 Å². The van der Waals surface area contributed by atoms with E-state index in [-0.39, 0.29) is 17.1 Å². The molecule has 0 amide bonds. The standard InChI is InChI=1S/C17H27NO/c1-14(15-10-7-6-8-11-15)19-18-13-9-12-16(2,3)17(18,4)5/h6-8,10-11,14H,9,12-13H2,1-5H3. The third kappa shape index (κ3) is 2.85. The van der Waals surface area contributed by atoms with Crippen LogP contribution in [-0.4, -0.2) is 17.1 Å². The van der Waals surface area contributed by atoms with Crippen molar-refractivity contribution in [2.24, 2.45) is 5.41 Å². The molecule has 0 aromatic heterocycles. The maximum atomic E-state index is 6.26. The fourth-order valence-corrected chi connectivity index (χ4v) is 2.75. The summed E-state index contributed by atoms with van der Waals surface area (Å²) in [4.78, 5) is 6.26. The van der Waals surface area contributed by atoms with Crippen LogP contribution in [0.3, 0.4) is 0 Å². The van der Waals surface area contributed by atoms with Crippen LogP contribution in [0.5, 0.6) is 0 Å². The van der Waals surface area contributed by atoms with Crippen molar-refractivity contribution in [3.8, 4) is 0 Å². The second-order valence-corrected chi connectivity index (χ2v) is 6.81. The van der Waals surface area contributed by atoms with Crippen LogP contribution in [0, 0.1) is 5.41 Å². The van der Waals surface area contributed by atoms with Crippen molar-refractivity contribution in [2.45, 2.75) is 59.1 Å². The van der Waals surface area contributed by atoms with E-state index in [0.717, 1.165) is 6.54 Å². The van der Waals surface area contributed by atoms with Gasteiger partial charge < -0.3 is 0 Å². The Labute approximate surface area is 117 Å². The minimum atomic E-state index is 0.0638. The lowest BCUT2D eigenvalue weighted by atomic mass is 9.69. The highest BCUT2D eigenvalue weighted by Gasteiger charge is 2.45. The van der Waals surface area contributed by atoms with Crippen molar-refractivity contribution in [3.63, 3.8) is 0 Å². The molecule has 0 N–H and O–H groups in total. The third-order valence-electron chi connectivity index (χ3n) is 5.00. The van der Waals surface area contributed by atoms with Crippen LogP contribution < -0.4 is 0 Å². The minimum absolute atomic E-state index is 0.0638. The van der Waals surface area contributed by atoms with Gasteiger partial charge in [0.15, 0.2) is 0 Å². The zero-order valence-electron chi connectivity index (χ0n) is 12.9. The molecule has 1 aromatic carbocycles. The Kier molecular flexibility index (Phi) is 4.03. The Morgan fingerprint density at radius 1 is 1.11 bits per heavy atom. The number of hydroxylamine groups is 2. The minimum Gasteiger partial charge on any atom is -0.291 e. The summed E-state index contributed by atoms with van der Waals surface area (Å²) in [5.41, 5.74) is 1.58. The average molecular weight is 261 g/mol. The van der Waals surface area contributed by atoms with Gasteiger partial charge in [0.1, 0.15) is 6.10 Å². The molecule has 0 saturated carbocycles. The van der Waals surface area contributed by atoms with Gasteiger partial charge in [0, 0.05) is 12.1 Å². The first-order valence-electron chi connectivity index (χ1n) is 7.34. The molecule has 1 unspecified atom stereocenters. The van der Waals surface area contributed by atoms with Gasteiger partial charge in [-0.15, -0.1) is 0 Å². The number of nitrogens with zero attached hydrogens (tertiary/aromatic N) is 1. The molecule has 0 bridgehead atoms. The lowest BCUT2D eigenvalue weighted by molar-refractivity contribution is -0.281. The number of rotatable bonds is 3. The smallest absolute Gasteiger partial charge is 0.101 e. The van der Waals surface area contributed by atoms with Crippen LogP contribution in [0.15, 0.2) is 30.3 Å². The maximum absolute atomic E-state index is 6.26. The molecule has 19 heavy (non-hydrogen) atoms. The number of hydrogen-bond donors (Lipinski definition) is 0. The maximum Gasteiger partial charge on any atom is 0.101 e. The van der Waals surface area contributed by atoms with Crippen LogP contribution in [-0.2, 0) is 4.84 Å². The molecular formula is C17H27NO. The third-order valence-corrected chi connectivity index (χ3v) is 5.00. The Hall–Kier alpha value is -0.860. The van der Waals surface area contributed by atoms with Crippen molar-refractivity contribution >= 4 is 0 Å². The average Bonchev–Trinajstić information content (AvgIpc) is 2.36. The first-order chi connectivity index (χ1) is 8.84. The molecule has 1 heterocycles. The Bertz CT molecular complexity index is 411. The topological polar surface area (TPSA) is 12.5 Å². The molecule has 1 aliphatic rings. The van der Waals surface area contributed by atoms with E-state index in [0.29, 0.717) is 0 Å². The molecule has 1 aliphatic heterocycles. The zero-order valence-corrected chi connectivity index (χ0v) is 12.9. The van der Waals surface area contributed by atoms with Crippen molar-refractivity contribution in [1.29, 1.82) is 0 Å². The van der Waals surface area contributed by atoms with Gasteiger partial charge in [0.25, 0.3) is 0 Å². The summed E-state index contributed by atoms with van der Waals surface area (Å²) in [6.45, 7) is 12.4. The Morgan fingerprint density at radius 3 is 2.37 bits per heavy atom. The van der Waals surface area contributed by atoms with Crippen LogP contribution in [0.4, 0.5) is 0 Å². The predicted molar refractivity (Wildman–Crippen MR) is 79.7 cm³/mol. The molecule has 0 spiro atoms. The predicted octanol–water partition coefficient (Wildman–Crippen LogP) is 4.58. The first-order valence-corrected chi connectivity index (χ1v) is 7.34. The summed E-state index contributed by atoms with van der Waals surface area (Å²) in [6, 6.07) is 10.4. The summed E-state index contributed by atoms with van der Waals surface area (Å²) in [5, 5.41) is 2.20. The molecule has 1 saturated heterocycles. The van der Waals surface area contributed by atoms with E-state index in [1.54, 1.807) is 0 Å². The molecule has 2 heteroatoms. The molecular weight excluding hydrogens is 234 g/mol. The highest BCUT2D eigenvalue weighted by Crippen LogP contribution is 2.44. The highest BCUT2D eigenvalue weighted by atomic mass is 16.7. The van der Waals surface area contributed by atoms with Gasteiger partial charge in [0.05, 0.1) is 0 Å². The van der Waals surface area contributed by atoms with Crippen molar-refractivity contribution < 1.29 is 4.84 Å². The van der Waals surface area contributed by atoms with Gasteiger partial charge in [-0.25, -0.2) is 0 Å². The fraction of sp³-hybridized carbons (Fsp3) is 0.647. The molecule has 1 atom stereocenters. The second-order valence-electron chi connectivity index (χ2n) is 6.81. The largest absolute Gasteiger partial charge is 0.291 e. The van der Waals surface area contributed by atoms with E-state index in [4.69, 9.17) is 4.84 Å². The summed E-state index contributed by atoms with van der Waals surface area (Å²) in [6.07, 6.45) is 2.58. The molecule has 0 radical (unpaired) electrons. The van der Waals surface area contributed by atoms with Gasteiger partial charge in [-0.2, -0.15) is 5.06 Å². The van der Waals surface area contributed by atoms with Crippen LogP contribution in [0.25, 0.3) is 0 Å². The zero-order chi connectivity index (χ0) is 14.1. The SMILES string of the molecule is CC(ON1CCCC(C)(C)C1(C)C)c1ccccc1. The summed E-state index contributed by atoms with van der Waals surface area (Å²) in [5.74, 6) is 0. The molecule has 106 valence electrons. The number of piperidine rings is 1. The van der Waals surface area contributed by atoms with Crippen molar-refractivity contribution in [1.82, 2.24) is 5.06 Å². The van der Waals surface area contributed by atoms with E-state index in [1.807, 2.05) is 6.07 Å². The summed E-state index contributed by atoms with van der Waals surface area (Å²) >= 11 is 0. The number of hydrogen-bond acceptors (Lipinski definition) is 2. The van der Waals surface area contributed by atoms with Crippen molar-refractivity contribution in [2.75, 3.05) is 6.54 Å². The monoisotopic (exact) mass is 261 g/mol. The second kappa shape index (κ2) is 5.26. The molecule has 2 rings (SSSR count). The summed E-state index contributed by atoms with van der Waals surface area (Å²) in [7, 11) is 0. The van der Waals surface area contributed by atoms with Crippen LogP contribution in [0.2, 0.25) is 0 Å². The van der Waals surface area contributed by atoms with Gasteiger partial charge in [-0.1, -0.05) is 44.2 Å². The van der Waals surface area contributed by atoms with Crippen molar-refractivity contribution in [3.05, 3.63) is 35.9 Å². The van der Waals surface area contributed by atoms with E-state index >= 15 is 0 Å². The van der Waals surface area contributed by atoms with Gasteiger partial charge in [0.2, 0.25) is 0 Å². The van der Waals surface area contributed by atoms with Gasteiger partial charge >= 0.3 is 0 Å². The normalized spacial score (nSPS) is 24.1. The van der Waals surface area contributed by atoms with E-state index < -0.39 is 0 Å². The fourth-order valence-electron chi connectivity index (χ4n) is 2.75. The van der Waals surface area contributed by atoms with E-state index in [1.165, 1.54) is 18.4 Å². The molecule has 1 fully saturated rings. The Morgan fingerprint density at radius 2 is 1.74 bits per heavy atom. The summed E-state index contributed by atoms with van der Waals surface area (Å²) < 4.78 is 0. The quantitative estimate of drug-likeness (QED) is 0.789. The highest BCUT2D eigenvalue weighted by molar-refractivity contribution is 5.16. The molecule has 1 aromatic rings. The lowest BCUT2D eigenvalue weighted by Crippen LogP contribution is -2.57. The van der Waals surface area contributed by atoms with Crippen LogP contribution >= 0.6 is 0 Å². The van der Waals surface area contributed by atoms with Crippen LogP contribution in [0.1, 0.15) is 59.1 Å².